The lowest BCUT2D eigenvalue weighted by Gasteiger charge is -2.29. The SMILES string of the molecule is COCOC[C@@]1(C#N)c2ccccc2N2CCC[C@@H]21. The molecule has 0 amide bonds. The van der Waals surface area contributed by atoms with Gasteiger partial charge in [0, 0.05) is 24.9 Å². The maximum Gasteiger partial charge on any atom is 0.146 e. The normalized spacial score (nSPS) is 28.0. The first-order valence-corrected chi connectivity index (χ1v) is 6.67. The number of fused-ring (bicyclic) bond motifs is 3. The molecule has 0 radical (unpaired) electrons. The van der Waals surface area contributed by atoms with Gasteiger partial charge in [-0.1, -0.05) is 18.2 Å². The van der Waals surface area contributed by atoms with E-state index in [1.54, 1.807) is 7.11 Å². The van der Waals surface area contributed by atoms with Crippen molar-refractivity contribution in [3.63, 3.8) is 0 Å². The van der Waals surface area contributed by atoms with Crippen molar-refractivity contribution in [2.75, 3.05) is 32.0 Å². The lowest BCUT2D eigenvalue weighted by atomic mass is 9.77. The molecular formula is C15H18N2O2. The van der Waals surface area contributed by atoms with Crippen LogP contribution in [0.4, 0.5) is 5.69 Å². The number of rotatable bonds is 4. The largest absolute Gasteiger partial charge is 0.366 e. The van der Waals surface area contributed by atoms with Crippen LogP contribution >= 0.6 is 0 Å². The third kappa shape index (κ3) is 1.73. The molecule has 19 heavy (non-hydrogen) atoms. The van der Waals surface area contributed by atoms with E-state index in [1.165, 1.54) is 5.69 Å². The predicted molar refractivity (Wildman–Crippen MR) is 71.9 cm³/mol. The summed E-state index contributed by atoms with van der Waals surface area (Å²) in [5, 5.41) is 9.81. The number of nitriles is 1. The van der Waals surface area contributed by atoms with E-state index in [9.17, 15) is 5.26 Å². The summed E-state index contributed by atoms with van der Waals surface area (Å²) in [4.78, 5) is 2.37. The topological polar surface area (TPSA) is 45.5 Å². The van der Waals surface area contributed by atoms with E-state index in [2.05, 4.69) is 23.1 Å². The number of methoxy groups -OCH3 is 1. The minimum absolute atomic E-state index is 0.234. The van der Waals surface area contributed by atoms with Gasteiger partial charge in [-0.3, -0.25) is 0 Å². The Kier molecular flexibility index (Phi) is 3.17. The third-order valence-corrected chi connectivity index (χ3v) is 4.25. The second kappa shape index (κ2) is 4.84. The first-order chi connectivity index (χ1) is 9.33. The first-order valence-electron chi connectivity index (χ1n) is 6.67. The van der Waals surface area contributed by atoms with Crippen LogP contribution in [-0.2, 0) is 14.9 Å². The van der Waals surface area contributed by atoms with E-state index >= 15 is 0 Å². The Bertz CT molecular complexity index is 511. The molecule has 2 aliphatic rings. The Morgan fingerprint density at radius 1 is 1.47 bits per heavy atom. The maximum atomic E-state index is 9.81. The highest BCUT2D eigenvalue weighted by atomic mass is 16.7. The Balaban J connectivity index is 2.00. The van der Waals surface area contributed by atoms with Gasteiger partial charge in [-0.25, -0.2) is 0 Å². The smallest absolute Gasteiger partial charge is 0.146 e. The molecule has 2 aliphatic heterocycles. The molecule has 0 aromatic heterocycles. The quantitative estimate of drug-likeness (QED) is 0.612. The summed E-state index contributed by atoms with van der Waals surface area (Å²) in [6, 6.07) is 11.0. The van der Waals surface area contributed by atoms with Gasteiger partial charge in [0.05, 0.1) is 18.7 Å². The average molecular weight is 258 g/mol. The van der Waals surface area contributed by atoms with Gasteiger partial charge >= 0.3 is 0 Å². The van der Waals surface area contributed by atoms with Gasteiger partial charge in [-0.15, -0.1) is 0 Å². The van der Waals surface area contributed by atoms with Crippen molar-refractivity contribution in [1.82, 2.24) is 0 Å². The summed E-state index contributed by atoms with van der Waals surface area (Å²) in [5.41, 5.74) is 1.76. The Labute approximate surface area is 113 Å². The fourth-order valence-electron chi connectivity index (χ4n) is 3.48. The van der Waals surface area contributed by atoms with Crippen molar-refractivity contribution >= 4 is 5.69 Å². The summed E-state index contributed by atoms with van der Waals surface area (Å²) in [6.07, 6.45) is 2.20. The molecular weight excluding hydrogens is 240 g/mol. The van der Waals surface area contributed by atoms with Crippen LogP contribution in [0.25, 0.3) is 0 Å². The van der Waals surface area contributed by atoms with Crippen LogP contribution in [0.5, 0.6) is 0 Å². The van der Waals surface area contributed by atoms with Gasteiger partial charge in [-0.05, 0) is 18.9 Å². The number of hydrogen-bond donors (Lipinski definition) is 0. The minimum atomic E-state index is -0.550. The zero-order valence-corrected chi connectivity index (χ0v) is 11.1. The molecule has 0 bridgehead atoms. The van der Waals surface area contributed by atoms with E-state index in [4.69, 9.17) is 9.47 Å². The van der Waals surface area contributed by atoms with Crippen molar-refractivity contribution in [3.05, 3.63) is 29.8 Å². The third-order valence-electron chi connectivity index (χ3n) is 4.25. The van der Waals surface area contributed by atoms with Gasteiger partial charge in [0.25, 0.3) is 0 Å². The van der Waals surface area contributed by atoms with E-state index < -0.39 is 5.41 Å². The number of nitrogens with zero attached hydrogens (tertiary/aromatic N) is 2. The van der Waals surface area contributed by atoms with Crippen LogP contribution in [-0.4, -0.2) is 33.1 Å². The molecule has 1 aromatic rings. The van der Waals surface area contributed by atoms with Crippen LogP contribution < -0.4 is 4.90 Å². The minimum Gasteiger partial charge on any atom is -0.366 e. The van der Waals surface area contributed by atoms with Crippen molar-refractivity contribution < 1.29 is 9.47 Å². The zero-order valence-electron chi connectivity index (χ0n) is 11.1. The lowest BCUT2D eigenvalue weighted by Crippen LogP contribution is -2.43. The number of ether oxygens (including phenoxy) is 2. The second-order valence-electron chi connectivity index (χ2n) is 5.21. The molecule has 0 spiro atoms. The van der Waals surface area contributed by atoms with Crippen LogP contribution in [0.3, 0.4) is 0 Å². The van der Waals surface area contributed by atoms with E-state index in [0.29, 0.717) is 6.61 Å². The van der Waals surface area contributed by atoms with Gasteiger partial charge < -0.3 is 14.4 Å². The van der Waals surface area contributed by atoms with Crippen LogP contribution in [0.2, 0.25) is 0 Å². The van der Waals surface area contributed by atoms with Crippen molar-refractivity contribution in [1.29, 1.82) is 5.26 Å². The van der Waals surface area contributed by atoms with Gasteiger partial charge in [0.1, 0.15) is 12.2 Å². The molecule has 1 aromatic carbocycles. The molecule has 2 atom stereocenters. The maximum absolute atomic E-state index is 9.81. The summed E-state index contributed by atoms with van der Waals surface area (Å²) in [5.74, 6) is 0. The number of benzene rings is 1. The van der Waals surface area contributed by atoms with E-state index in [1.807, 2.05) is 12.1 Å². The first kappa shape index (κ1) is 12.5. The Hall–Kier alpha value is -1.57. The number of anilines is 1. The standard InChI is InChI=1S/C15H18N2O2/c1-18-11-19-10-15(9-16)12-5-2-3-6-13(12)17-8-4-7-14(15)17/h2-3,5-6,14H,4,7-8,10-11H2,1H3/t14-,15+/m1/s1. The van der Waals surface area contributed by atoms with Crippen LogP contribution in [0.15, 0.2) is 24.3 Å². The lowest BCUT2D eigenvalue weighted by molar-refractivity contribution is -0.0443. The molecule has 1 saturated heterocycles. The van der Waals surface area contributed by atoms with E-state index in [-0.39, 0.29) is 12.8 Å². The van der Waals surface area contributed by atoms with Crippen LogP contribution in [0, 0.1) is 11.3 Å². The predicted octanol–water partition coefficient (Wildman–Crippen LogP) is 2.05. The Morgan fingerprint density at radius 2 is 2.32 bits per heavy atom. The molecule has 0 aliphatic carbocycles. The number of hydrogen-bond acceptors (Lipinski definition) is 4. The molecule has 0 N–H and O–H groups in total. The molecule has 0 unspecified atom stereocenters. The molecule has 2 heterocycles. The van der Waals surface area contributed by atoms with Crippen molar-refractivity contribution in [3.8, 4) is 6.07 Å². The molecule has 4 heteroatoms. The molecule has 0 saturated carbocycles. The highest BCUT2D eigenvalue weighted by Gasteiger charge is 2.53. The zero-order chi connectivity index (χ0) is 13.3. The van der Waals surface area contributed by atoms with Crippen molar-refractivity contribution in [2.24, 2.45) is 0 Å². The number of para-hydroxylation sites is 1. The van der Waals surface area contributed by atoms with Crippen LogP contribution in [0.1, 0.15) is 18.4 Å². The highest BCUT2D eigenvalue weighted by molar-refractivity contribution is 5.67. The average Bonchev–Trinajstić information content (AvgIpc) is 3.01. The second-order valence-corrected chi connectivity index (χ2v) is 5.21. The molecule has 100 valence electrons. The van der Waals surface area contributed by atoms with Gasteiger partial charge in [-0.2, -0.15) is 5.26 Å². The summed E-state index contributed by atoms with van der Waals surface area (Å²) < 4.78 is 10.5. The molecule has 3 rings (SSSR count). The van der Waals surface area contributed by atoms with E-state index in [0.717, 1.165) is 24.9 Å². The molecule has 4 nitrogen and oxygen atoms in total. The van der Waals surface area contributed by atoms with Crippen molar-refractivity contribution in [2.45, 2.75) is 24.3 Å². The monoisotopic (exact) mass is 258 g/mol. The fourth-order valence-corrected chi connectivity index (χ4v) is 3.48. The fraction of sp³-hybridized carbons (Fsp3) is 0.533. The summed E-state index contributed by atoms with van der Waals surface area (Å²) in [7, 11) is 1.60. The highest BCUT2D eigenvalue weighted by Crippen LogP contribution is 2.49. The molecule has 1 fully saturated rings. The van der Waals surface area contributed by atoms with Gasteiger partial charge in [0.15, 0.2) is 0 Å². The summed E-state index contributed by atoms with van der Waals surface area (Å²) >= 11 is 0. The summed E-state index contributed by atoms with van der Waals surface area (Å²) in [6.45, 7) is 1.67. The Morgan fingerprint density at radius 3 is 3.11 bits per heavy atom. The van der Waals surface area contributed by atoms with Gasteiger partial charge in [0.2, 0.25) is 0 Å².